The summed E-state index contributed by atoms with van der Waals surface area (Å²) in [6, 6.07) is 11.1. The van der Waals surface area contributed by atoms with E-state index in [1.54, 1.807) is 37.3 Å². The van der Waals surface area contributed by atoms with Crippen LogP contribution in [0.25, 0.3) is 0 Å². The Morgan fingerprint density at radius 2 is 1.94 bits per heavy atom. The van der Waals surface area contributed by atoms with Crippen molar-refractivity contribution in [3.8, 4) is 0 Å². The largest absolute Gasteiger partial charge is 0.354 e. The molecule has 0 radical (unpaired) electrons. The van der Waals surface area contributed by atoms with Gasteiger partial charge in [0.25, 0.3) is 0 Å². The van der Waals surface area contributed by atoms with Gasteiger partial charge in [-0.3, -0.25) is 9.59 Å². The van der Waals surface area contributed by atoms with Crippen molar-refractivity contribution in [1.82, 2.24) is 10.2 Å². The Bertz CT molecular complexity index is 877. The number of carbonyl (C=O) groups is 2. The maximum absolute atomic E-state index is 14.0. The highest BCUT2D eigenvalue weighted by Crippen LogP contribution is 2.24. The first-order chi connectivity index (χ1) is 14.8. The lowest BCUT2D eigenvalue weighted by atomic mass is 10.1. The minimum Gasteiger partial charge on any atom is -0.354 e. The van der Waals surface area contributed by atoms with Crippen LogP contribution >= 0.6 is 35.0 Å². The molecule has 0 aliphatic carbocycles. The van der Waals surface area contributed by atoms with E-state index in [9.17, 15) is 14.0 Å². The molecule has 0 unspecified atom stereocenters. The molecule has 2 aromatic carbocycles. The van der Waals surface area contributed by atoms with Crippen LogP contribution in [0.1, 0.15) is 37.8 Å². The Hall–Kier alpha value is -1.76. The molecule has 8 heteroatoms. The molecule has 0 fully saturated rings. The van der Waals surface area contributed by atoms with E-state index in [0.29, 0.717) is 22.2 Å². The molecular weight excluding hydrogens is 458 g/mol. The van der Waals surface area contributed by atoms with Crippen molar-refractivity contribution >= 4 is 46.8 Å². The summed E-state index contributed by atoms with van der Waals surface area (Å²) >= 11 is 13.4. The van der Waals surface area contributed by atoms with Crippen LogP contribution < -0.4 is 5.32 Å². The minimum absolute atomic E-state index is 0.0950. The Morgan fingerprint density at radius 3 is 2.61 bits per heavy atom. The Morgan fingerprint density at radius 1 is 1.19 bits per heavy atom. The fourth-order valence-electron chi connectivity index (χ4n) is 2.94. The lowest BCUT2D eigenvalue weighted by Crippen LogP contribution is -2.48. The van der Waals surface area contributed by atoms with Gasteiger partial charge in [0, 0.05) is 34.5 Å². The maximum Gasteiger partial charge on any atom is 0.242 e. The van der Waals surface area contributed by atoms with Crippen molar-refractivity contribution in [2.45, 2.75) is 45.0 Å². The third kappa shape index (κ3) is 8.02. The van der Waals surface area contributed by atoms with E-state index in [0.717, 1.165) is 18.4 Å². The lowest BCUT2D eigenvalue weighted by molar-refractivity contribution is -0.138. The number of nitrogens with one attached hydrogen (secondary N) is 1. The molecule has 0 aliphatic heterocycles. The molecule has 168 valence electrons. The van der Waals surface area contributed by atoms with E-state index >= 15 is 0 Å². The lowest BCUT2D eigenvalue weighted by Gasteiger charge is -2.29. The molecule has 0 spiro atoms. The van der Waals surface area contributed by atoms with Crippen molar-refractivity contribution in [3.05, 3.63) is 69.5 Å². The van der Waals surface area contributed by atoms with Crippen LogP contribution in [0.2, 0.25) is 10.0 Å². The number of thioether (sulfide) groups is 1. The number of benzene rings is 2. The first-order valence-electron chi connectivity index (χ1n) is 10.2. The average molecular weight is 485 g/mol. The molecule has 1 atom stereocenters. The van der Waals surface area contributed by atoms with Gasteiger partial charge in [0.15, 0.2) is 0 Å². The van der Waals surface area contributed by atoms with E-state index in [2.05, 4.69) is 5.32 Å². The molecule has 2 aromatic rings. The smallest absolute Gasteiger partial charge is 0.242 e. The number of halogens is 3. The zero-order valence-electron chi connectivity index (χ0n) is 17.7. The van der Waals surface area contributed by atoms with Gasteiger partial charge in [-0.1, -0.05) is 54.7 Å². The minimum atomic E-state index is -0.652. The second kappa shape index (κ2) is 12.9. The van der Waals surface area contributed by atoms with Crippen molar-refractivity contribution in [2.24, 2.45) is 0 Å². The number of unbranched alkanes of at least 4 members (excludes halogenated alkanes) is 1. The summed E-state index contributed by atoms with van der Waals surface area (Å²) in [4.78, 5) is 27.2. The van der Waals surface area contributed by atoms with Gasteiger partial charge in [-0.2, -0.15) is 0 Å². The van der Waals surface area contributed by atoms with Gasteiger partial charge in [0.2, 0.25) is 11.8 Å². The highest BCUT2D eigenvalue weighted by Gasteiger charge is 2.26. The Balaban J connectivity index is 2.08. The van der Waals surface area contributed by atoms with Gasteiger partial charge < -0.3 is 10.2 Å². The van der Waals surface area contributed by atoms with Gasteiger partial charge >= 0.3 is 0 Å². The summed E-state index contributed by atoms with van der Waals surface area (Å²) in [7, 11) is 0. The molecule has 1 N–H and O–H groups in total. The molecule has 0 bridgehead atoms. The molecule has 2 amide bonds. The predicted octanol–water partition coefficient (Wildman–Crippen LogP) is 5.70. The van der Waals surface area contributed by atoms with Crippen LogP contribution in [0.3, 0.4) is 0 Å². The molecule has 31 heavy (non-hydrogen) atoms. The first-order valence-corrected chi connectivity index (χ1v) is 12.1. The van der Waals surface area contributed by atoms with Gasteiger partial charge in [0.1, 0.15) is 11.9 Å². The number of amides is 2. The standard InChI is InChI=1S/C23H27Cl2FN2O2S/c1-3-4-11-27-23(30)16(2)28(13-17-7-5-8-18(24)12-17)22(29)15-31-14-19-20(25)9-6-10-21(19)26/h5-10,12,16H,3-4,11,13-15H2,1-2H3,(H,27,30)/t16-/m1/s1. The van der Waals surface area contributed by atoms with Crippen LogP contribution in [-0.2, 0) is 21.9 Å². The van der Waals surface area contributed by atoms with E-state index in [1.807, 2.05) is 13.0 Å². The maximum atomic E-state index is 14.0. The zero-order chi connectivity index (χ0) is 22.8. The van der Waals surface area contributed by atoms with Gasteiger partial charge in [-0.15, -0.1) is 11.8 Å². The monoisotopic (exact) mass is 484 g/mol. The number of hydrogen-bond acceptors (Lipinski definition) is 3. The predicted molar refractivity (Wildman–Crippen MR) is 127 cm³/mol. The fraction of sp³-hybridized carbons (Fsp3) is 0.391. The SMILES string of the molecule is CCCCNC(=O)[C@@H](C)N(Cc1cccc(Cl)c1)C(=O)CSCc1c(F)cccc1Cl. The van der Waals surface area contributed by atoms with Crippen molar-refractivity contribution in [3.63, 3.8) is 0 Å². The van der Waals surface area contributed by atoms with E-state index in [-0.39, 0.29) is 29.9 Å². The van der Waals surface area contributed by atoms with Crippen molar-refractivity contribution in [1.29, 1.82) is 0 Å². The summed E-state index contributed by atoms with van der Waals surface area (Å²) in [5, 5.41) is 3.78. The Kier molecular flexibility index (Phi) is 10.6. The average Bonchev–Trinajstić information content (AvgIpc) is 2.73. The quantitative estimate of drug-likeness (QED) is 0.416. The van der Waals surface area contributed by atoms with Crippen LogP contribution in [0.5, 0.6) is 0 Å². The molecule has 0 heterocycles. The number of carbonyl (C=O) groups excluding carboxylic acids is 2. The molecule has 0 saturated heterocycles. The van der Waals surface area contributed by atoms with Crippen molar-refractivity contribution < 1.29 is 14.0 Å². The van der Waals surface area contributed by atoms with E-state index in [1.165, 1.54) is 22.7 Å². The van der Waals surface area contributed by atoms with Crippen LogP contribution in [0.15, 0.2) is 42.5 Å². The molecule has 2 rings (SSSR count). The Labute approximate surface area is 197 Å². The fourth-order valence-corrected chi connectivity index (χ4v) is 4.41. The number of hydrogen-bond donors (Lipinski definition) is 1. The van der Waals surface area contributed by atoms with Crippen molar-refractivity contribution in [2.75, 3.05) is 12.3 Å². The van der Waals surface area contributed by atoms with Crippen LogP contribution in [0.4, 0.5) is 4.39 Å². The second-order valence-corrected chi connectivity index (χ2v) is 8.99. The molecule has 0 saturated carbocycles. The molecule has 4 nitrogen and oxygen atoms in total. The van der Waals surface area contributed by atoms with E-state index < -0.39 is 11.9 Å². The summed E-state index contributed by atoms with van der Waals surface area (Å²) in [6.07, 6.45) is 1.84. The van der Waals surface area contributed by atoms with Gasteiger partial charge in [-0.25, -0.2) is 4.39 Å². The summed E-state index contributed by atoms with van der Waals surface area (Å²) < 4.78 is 14.0. The summed E-state index contributed by atoms with van der Waals surface area (Å²) in [5.74, 6) is -0.453. The number of rotatable bonds is 11. The van der Waals surface area contributed by atoms with Crippen LogP contribution in [-0.4, -0.2) is 35.1 Å². The summed E-state index contributed by atoms with van der Waals surface area (Å²) in [6.45, 7) is 4.58. The second-order valence-electron chi connectivity index (χ2n) is 7.17. The topological polar surface area (TPSA) is 49.4 Å². The van der Waals surface area contributed by atoms with Crippen LogP contribution in [0, 0.1) is 5.82 Å². The first kappa shape index (κ1) is 25.5. The third-order valence-corrected chi connectivity index (χ3v) is 6.31. The normalized spacial score (nSPS) is 11.8. The highest BCUT2D eigenvalue weighted by molar-refractivity contribution is 7.99. The highest BCUT2D eigenvalue weighted by atomic mass is 35.5. The summed E-state index contributed by atoms with van der Waals surface area (Å²) in [5.41, 5.74) is 1.20. The van der Waals surface area contributed by atoms with E-state index in [4.69, 9.17) is 23.2 Å². The molecule has 0 aromatic heterocycles. The number of nitrogens with zero attached hydrogens (tertiary/aromatic N) is 1. The van der Waals surface area contributed by atoms with Gasteiger partial charge in [-0.05, 0) is 43.2 Å². The third-order valence-electron chi connectivity index (χ3n) is 4.77. The molecule has 0 aliphatic rings. The zero-order valence-corrected chi connectivity index (χ0v) is 20.0. The van der Waals surface area contributed by atoms with Gasteiger partial charge in [0.05, 0.1) is 5.75 Å². The molecular formula is C23H27Cl2FN2O2S.